The van der Waals surface area contributed by atoms with Gasteiger partial charge in [-0.1, -0.05) is 6.07 Å². The number of H-pyrrole nitrogens is 1. The lowest BCUT2D eigenvalue weighted by atomic mass is 10.1. The van der Waals surface area contributed by atoms with Crippen molar-refractivity contribution in [3.63, 3.8) is 0 Å². The van der Waals surface area contributed by atoms with E-state index in [2.05, 4.69) is 20.8 Å². The van der Waals surface area contributed by atoms with E-state index in [0.717, 1.165) is 17.8 Å². The van der Waals surface area contributed by atoms with Crippen molar-refractivity contribution in [3.8, 4) is 0 Å². The van der Waals surface area contributed by atoms with Crippen LogP contribution in [0.4, 0.5) is 13.6 Å². The highest BCUT2D eigenvalue weighted by Crippen LogP contribution is 2.17. The third-order valence-electron chi connectivity index (χ3n) is 2.78. The molecule has 0 saturated carbocycles. The zero-order valence-electron chi connectivity index (χ0n) is 10.9. The van der Waals surface area contributed by atoms with E-state index < -0.39 is 23.8 Å². The van der Waals surface area contributed by atoms with E-state index in [-0.39, 0.29) is 18.7 Å². The molecule has 21 heavy (non-hydrogen) atoms. The first-order valence-electron chi connectivity index (χ1n) is 6.19. The van der Waals surface area contributed by atoms with E-state index in [4.69, 9.17) is 0 Å². The van der Waals surface area contributed by atoms with Crippen molar-refractivity contribution in [2.24, 2.45) is 0 Å². The van der Waals surface area contributed by atoms with Gasteiger partial charge >= 0.3 is 6.03 Å². The number of halogens is 2. The Labute approximate surface area is 119 Å². The Morgan fingerprint density at radius 2 is 2.14 bits per heavy atom. The van der Waals surface area contributed by atoms with Gasteiger partial charge in [-0.3, -0.25) is 5.10 Å². The largest absolute Gasteiger partial charge is 0.386 e. The molecular formula is C13H14F2N4O2. The number of nitrogens with zero attached hydrogens (tertiary/aromatic N) is 1. The van der Waals surface area contributed by atoms with Gasteiger partial charge in [-0.15, -0.1) is 0 Å². The van der Waals surface area contributed by atoms with Gasteiger partial charge in [0.2, 0.25) is 0 Å². The van der Waals surface area contributed by atoms with Crippen LogP contribution >= 0.6 is 0 Å². The molecule has 2 amide bonds. The molecule has 0 aliphatic heterocycles. The number of aliphatic hydroxyl groups is 1. The highest BCUT2D eigenvalue weighted by molar-refractivity contribution is 5.73. The molecule has 0 unspecified atom stereocenters. The molecule has 1 aromatic heterocycles. The van der Waals surface area contributed by atoms with Crippen LogP contribution in [0.1, 0.15) is 17.4 Å². The third-order valence-corrected chi connectivity index (χ3v) is 2.78. The van der Waals surface area contributed by atoms with Crippen LogP contribution < -0.4 is 10.6 Å². The molecule has 0 bridgehead atoms. The van der Waals surface area contributed by atoms with Gasteiger partial charge in [0.25, 0.3) is 0 Å². The summed E-state index contributed by atoms with van der Waals surface area (Å²) in [6.07, 6.45) is 0.291. The summed E-state index contributed by atoms with van der Waals surface area (Å²) >= 11 is 0. The van der Waals surface area contributed by atoms with Crippen LogP contribution in [-0.2, 0) is 6.54 Å². The van der Waals surface area contributed by atoms with Crippen molar-refractivity contribution in [1.82, 2.24) is 20.8 Å². The maximum absolute atomic E-state index is 13.4. The molecule has 8 heteroatoms. The molecule has 4 N–H and O–H groups in total. The Balaban J connectivity index is 1.80. The molecule has 2 rings (SSSR count). The number of rotatable bonds is 5. The second-order valence-corrected chi connectivity index (χ2v) is 4.33. The second-order valence-electron chi connectivity index (χ2n) is 4.33. The molecule has 1 aromatic carbocycles. The van der Waals surface area contributed by atoms with Gasteiger partial charge in [-0.05, 0) is 12.1 Å². The number of benzene rings is 1. The highest BCUT2D eigenvalue weighted by Gasteiger charge is 2.14. The SMILES string of the molecule is O=C(NCc1ccn[nH]1)NC[C@H](O)c1ccc(F)cc1F. The topological polar surface area (TPSA) is 90.0 Å². The minimum absolute atomic E-state index is 0.0785. The predicted octanol–water partition coefficient (Wildman–Crippen LogP) is 1.22. The Kier molecular flexibility index (Phi) is 4.83. The average Bonchev–Trinajstić information content (AvgIpc) is 2.95. The molecule has 0 saturated heterocycles. The molecule has 0 aliphatic rings. The summed E-state index contributed by atoms with van der Waals surface area (Å²) in [5, 5.41) is 21.1. The van der Waals surface area contributed by atoms with Gasteiger partial charge in [0.1, 0.15) is 11.6 Å². The number of carbonyl (C=O) groups excluding carboxylic acids is 1. The minimum Gasteiger partial charge on any atom is -0.386 e. The summed E-state index contributed by atoms with van der Waals surface area (Å²) in [7, 11) is 0. The van der Waals surface area contributed by atoms with Crippen molar-refractivity contribution in [2.45, 2.75) is 12.6 Å². The third kappa shape index (κ3) is 4.25. The zero-order valence-corrected chi connectivity index (χ0v) is 10.9. The maximum Gasteiger partial charge on any atom is 0.315 e. The molecule has 0 radical (unpaired) electrons. The maximum atomic E-state index is 13.4. The van der Waals surface area contributed by atoms with E-state index >= 15 is 0 Å². The number of hydrogen-bond acceptors (Lipinski definition) is 3. The molecule has 0 aliphatic carbocycles. The lowest BCUT2D eigenvalue weighted by Gasteiger charge is -2.13. The molecule has 1 atom stereocenters. The summed E-state index contributed by atoms with van der Waals surface area (Å²) in [5.74, 6) is -1.59. The zero-order chi connectivity index (χ0) is 15.2. The van der Waals surface area contributed by atoms with Crippen molar-refractivity contribution >= 4 is 6.03 Å². The fourth-order valence-electron chi connectivity index (χ4n) is 1.69. The predicted molar refractivity (Wildman–Crippen MR) is 70.1 cm³/mol. The standard InChI is InChI=1S/C13H14F2N4O2/c14-8-1-2-10(11(15)5-8)12(20)7-17-13(21)16-6-9-3-4-18-19-9/h1-5,12,20H,6-7H2,(H,18,19)(H2,16,17,21)/t12-/m0/s1. The average molecular weight is 296 g/mol. The van der Waals surface area contributed by atoms with Gasteiger partial charge in [0.05, 0.1) is 18.3 Å². The van der Waals surface area contributed by atoms with E-state index in [0.29, 0.717) is 6.07 Å². The fourth-order valence-corrected chi connectivity index (χ4v) is 1.69. The Morgan fingerprint density at radius 1 is 1.33 bits per heavy atom. The molecular weight excluding hydrogens is 282 g/mol. The summed E-state index contributed by atoms with van der Waals surface area (Å²) in [5.41, 5.74) is 0.639. The molecule has 0 spiro atoms. The Hall–Kier alpha value is -2.48. The van der Waals surface area contributed by atoms with Crippen LogP contribution in [0.5, 0.6) is 0 Å². The number of nitrogens with one attached hydrogen (secondary N) is 3. The van der Waals surface area contributed by atoms with E-state index in [1.54, 1.807) is 12.3 Å². The van der Waals surface area contributed by atoms with Gasteiger partial charge < -0.3 is 15.7 Å². The van der Waals surface area contributed by atoms with Crippen LogP contribution in [0.2, 0.25) is 0 Å². The molecule has 2 aromatic rings. The van der Waals surface area contributed by atoms with E-state index in [1.165, 1.54) is 0 Å². The number of carbonyl (C=O) groups is 1. The van der Waals surface area contributed by atoms with Gasteiger partial charge in [-0.25, -0.2) is 13.6 Å². The van der Waals surface area contributed by atoms with E-state index in [9.17, 15) is 18.7 Å². The van der Waals surface area contributed by atoms with Crippen LogP contribution in [0.25, 0.3) is 0 Å². The van der Waals surface area contributed by atoms with Gasteiger partial charge in [-0.2, -0.15) is 5.10 Å². The smallest absolute Gasteiger partial charge is 0.315 e. The first kappa shape index (κ1) is 14.9. The number of aromatic amines is 1. The summed E-state index contributed by atoms with van der Waals surface area (Å²) in [4.78, 5) is 11.5. The quantitative estimate of drug-likeness (QED) is 0.669. The molecule has 112 valence electrons. The monoisotopic (exact) mass is 296 g/mol. The van der Waals surface area contributed by atoms with Gasteiger partial charge in [0, 0.05) is 24.4 Å². The number of hydrogen-bond donors (Lipinski definition) is 4. The van der Waals surface area contributed by atoms with Crippen molar-refractivity contribution in [1.29, 1.82) is 0 Å². The summed E-state index contributed by atoms with van der Waals surface area (Å²) < 4.78 is 26.2. The highest BCUT2D eigenvalue weighted by atomic mass is 19.1. The van der Waals surface area contributed by atoms with Crippen LogP contribution in [0.3, 0.4) is 0 Å². The van der Waals surface area contributed by atoms with Crippen LogP contribution in [0, 0.1) is 11.6 Å². The van der Waals surface area contributed by atoms with Crippen LogP contribution in [0.15, 0.2) is 30.5 Å². The first-order chi connectivity index (χ1) is 10.1. The number of amides is 2. The van der Waals surface area contributed by atoms with Crippen molar-refractivity contribution < 1.29 is 18.7 Å². The minimum atomic E-state index is -1.26. The molecule has 1 heterocycles. The number of aromatic nitrogens is 2. The first-order valence-corrected chi connectivity index (χ1v) is 6.19. The summed E-state index contributed by atoms with van der Waals surface area (Å²) in [6, 6.07) is 4.03. The van der Waals surface area contributed by atoms with Crippen molar-refractivity contribution in [2.75, 3.05) is 6.54 Å². The van der Waals surface area contributed by atoms with Crippen LogP contribution in [-0.4, -0.2) is 27.9 Å². The lowest BCUT2D eigenvalue weighted by Crippen LogP contribution is -2.37. The number of urea groups is 1. The fraction of sp³-hybridized carbons (Fsp3) is 0.231. The normalized spacial score (nSPS) is 12.0. The number of aliphatic hydroxyl groups excluding tert-OH is 1. The lowest BCUT2D eigenvalue weighted by molar-refractivity contribution is 0.168. The molecule has 6 nitrogen and oxygen atoms in total. The Morgan fingerprint density at radius 3 is 2.81 bits per heavy atom. The van der Waals surface area contributed by atoms with Gasteiger partial charge in [0.15, 0.2) is 0 Å². The summed E-state index contributed by atoms with van der Waals surface area (Å²) in [6.45, 7) is 0.0458. The molecule has 0 fully saturated rings. The van der Waals surface area contributed by atoms with E-state index in [1.807, 2.05) is 0 Å². The Bertz CT molecular complexity index is 604. The second kappa shape index (κ2) is 6.80. The van der Waals surface area contributed by atoms with Crippen molar-refractivity contribution in [3.05, 3.63) is 53.4 Å².